The molecule has 0 aliphatic heterocycles. The summed E-state index contributed by atoms with van der Waals surface area (Å²) in [5.41, 5.74) is 0. The molecule has 0 rings (SSSR count). The summed E-state index contributed by atoms with van der Waals surface area (Å²) in [6.07, 6.45) is -0.447. The van der Waals surface area contributed by atoms with E-state index >= 15 is 0 Å². The van der Waals surface area contributed by atoms with Crippen molar-refractivity contribution in [3.63, 3.8) is 0 Å². The predicted molar refractivity (Wildman–Crippen MR) is 60.7 cm³/mol. The molecule has 0 heterocycles. The van der Waals surface area contributed by atoms with Crippen LogP contribution in [0.1, 0.15) is 13.8 Å². The molecule has 0 aromatic heterocycles. The summed E-state index contributed by atoms with van der Waals surface area (Å²) in [6, 6.07) is -0.262. The molecule has 0 saturated heterocycles. The Kier molecular flexibility index (Phi) is 7.29. The molecule has 90 valence electrons. The van der Waals surface area contributed by atoms with Crippen molar-refractivity contribution < 1.29 is 9.90 Å². The van der Waals surface area contributed by atoms with Crippen molar-refractivity contribution in [1.82, 2.24) is 15.5 Å². The summed E-state index contributed by atoms with van der Waals surface area (Å²) in [4.78, 5) is 13.2. The van der Waals surface area contributed by atoms with Gasteiger partial charge < -0.3 is 20.6 Å². The largest absolute Gasteiger partial charge is 0.390 e. The number of hydrogen-bond donors (Lipinski definition) is 3. The van der Waals surface area contributed by atoms with Gasteiger partial charge in [-0.05, 0) is 27.9 Å². The molecule has 5 heteroatoms. The lowest BCUT2D eigenvalue weighted by Gasteiger charge is -2.19. The van der Waals surface area contributed by atoms with E-state index in [1.54, 1.807) is 6.92 Å². The van der Waals surface area contributed by atoms with Crippen molar-refractivity contribution in [3.05, 3.63) is 0 Å². The van der Waals surface area contributed by atoms with Crippen LogP contribution >= 0.6 is 0 Å². The summed E-state index contributed by atoms with van der Waals surface area (Å²) in [6.45, 7) is 5.32. The van der Waals surface area contributed by atoms with Crippen LogP contribution in [0.15, 0.2) is 0 Å². The van der Waals surface area contributed by atoms with Crippen molar-refractivity contribution in [3.8, 4) is 0 Å². The lowest BCUT2D eigenvalue weighted by atomic mass is 10.2. The zero-order valence-corrected chi connectivity index (χ0v) is 10.1. The minimum atomic E-state index is -0.447. The van der Waals surface area contributed by atoms with E-state index in [1.807, 2.05) is 25.9 Å². The van der Waals surface area contributed by atoms with E-state index in [0.29, 0.717) is 19.6 Å². The first-order valence-corrected chi connectivity index (χ1v) is 5.31. The van der Waals surface area contributed by atoms with Gasteiger partial charge in [0, 0.05) is 19.6 Å². The van der Waals surface area contributed by atoms with Gasteiger partial charge >= 0.3 is 0 Å². The van der Waals surface area contributed by atoms with Gasteiger partial charge in [-0.15, -0.1) is 0 Å². The first-order chi connectivity index (χ1) is 6.97. The Morgan fingerprint density at radius 3 is 2.53 bits per heavy atom. The van der Waals surface area contributed by atoms with E-state index in [1.165, 1.54) is 0 Å². The number of nitrogens with one attached hydrogen (secondary N) is 2. The Hall–Kier alpha value is -0.650. The second-order valence-corrected chi connectivity index (χ2v) is 3.94. The Bertz CT molecular complexity index is 186. The van der Waals surface area contributed by atoms with Gasteiger partial charge in [0.25, 0.3) is 0 Å². The molecule has 0 aliphatic rings. The van der Waals surface area contributed by atoms with E-state index in [-0.39, 0.29) is 11.9 Å². The average Bonchev–Trinajstić information content (AvgIpc) is 2.13. The monoisotopic (exact) mass is 217 g/mol. The van der Waals surface area contributed by atoms with E-state index in [2.05, 4.69) is 10.6 Å². The molecule has 0 aliphatic carbocycles. The van der Waals surface area contributed by atoms with Crippen LogP contribution in [0.2, 0.25) is 0 Å². The highest BCUT2D eigenvalue weighted by Gasteiger charge is 2.13. The highest BCUT2D eigenvalue weighted by Crippen LogP contribution is 1.87. The van der Waals surface area contributed by atoms with Crippen molar-refractivity contribution in [2.45, 2.75) is 26.0 Å². The molecular weight excluding hydrogens is 194 g/mol. The number of likely N-dealkylation sites (N-methyl/N-ethyl adjacent to an activating group) is 2. The molecule has 0 fully saturated rings. The van der Waals surface area contributed by atoms with Crippen LogP contribution in [0.3, 0.4) is 0 Å². The molecule has 0 aromatic rings. The maximum absolute atomic E-state index is 11.3. The summed E-state index contributed by atoms with van der Waals surface area (Å²) < 4.78 is 0. The van der Waals surface area contributed by atoms with Gasteiger partial charge in [-0.1, -0.05) is 0 Å². The number of aliphatic hydroxyl groups is 1. The fourth-order valence-electron chi connectivity index (χ4n) is 1.22. The van der Waals surface area contributed by atoms with Crippen LogP contribution in [0.4, 0.5) is 0 Å². The van der Waals surface area contributed by atoms with Crippen LogP contribution in [0.5, 0.6) is 0 Å². The standard InChI is InChI=1S/C10H23N3O2/c1-5-11-10(15)8(2)12-6-9(14)7-13(3)4/h8-9,12,14H,5-7H2,1-4H3,(H,11,15). The fraction of sp³-hybridized carbons (Fsp3) is 0.900. The quantitative estimate of drug-likeness (QED) is 0.513. The molecule has 0 saturated carbocycles. The third-order valence-corrected chi connectivity index (χ3v) is 1.98. The molecular formula is C10H23N3O2. The summed E-state index contributed by atoms with van der Waals surface area (Å²) in [5, 5.41) is 15.2. The van der Waals surface area contributed by atoms with Crippen LogP contribution in [-0.2, 0) is 4.79 Å². The molecule has 0 bridgehead atoms. The summed E-state index contributed by atoms with van der Waals surface area (Å²) >= 11 is 0. The van der Waals surface area contributed by atoms with Crippen LogP contribution in [-0.4, -0.2) is 61.8 Å². The summed E-state index contributed by atoms with van der Waals surface area (Å²) in [5.74, 6) is -0.0328. The van der Waals surface area contributed by atoms with Gasteiger partial charge in [-0.2, -0.15) is 0 Å². The van der Waals surface area contributed by atoms with Gasteiger partial charge in [-0.3, -0.25) is 4.79 Å². The topological polar surface area (TPSA) is 64.6 Å². The average molecular weight is 217 g/mol. The number of carbonyl (C=O) groups excluding carboxylic acids is 1. The summed E-state index contributed by atoms with van der Waals surface area (Å²) in [7, 11) is 3.80. The van der Waals surface area contributed by atoms with E-state index in [9.17, 15) is 9.90 Å². The molecule has 15 heavy (non-hydrogen) atoms. The Morgan fingerprint density at radius 1 is 1.47 bits per heavy atom. The third kappa shape index (κ3) is 7.30. The lowest BCUT2D eigenvalue weighted by molar-refractivity contribution is -0.122. The van der Waals surface area contributed by atoms with E-state index in [0.717, 1.165) is 0 Å². The van der Waals surface area contributed by atoms with Crippen molar-refractivity contribution >= 4 is 5.91 Å². The minimum absolute atomic E-state index is 0.0328. The Labute approximate surface area is 91.8 Å². The highest BCUT2D eigenvalue weighted by atomic mass is 16.3. The van der Waals surface area contributed by atoms with Crippen molar-refractivity contribution in [2.24, 2.45) is 0 Å². The molecule has 2 atom stereocenters. The smallest absolute Gasteiger partial charge is 0.236 e. The van der Waals surface area contributed by atoms with E-state index in [4.69, 9.17) is 0 Å². The van der Waals surface area contributed by atoms with E-state index < -0.39 is 6.10 Å². The normalized spacial score (nSPS) is 15.1. The minimum Gasteiger partial charge on any atom is -0.390 e. The number of amides is 1. The third-order valence-electron chi connectivity index (χ3n) is 1.98. The molecule has 0 aromatic carbocycles. The maximum Gasteiger partial charge on any atom is 0.236 e. The second-order valence-electron chi connectivity index (χ2n) is 3.94. The number of hydrogen-bond acceptors (Lipinski definition) is 4. The van der Waals surface area contributed by atoms with Gasteiger partial charge in [0.15, 0.2) is 0 Å². The van der Waals surface area contributed by atoms with Gasteiger partial charge in [-0.25, -0.2) is 0 Å². The maximum atomic E-state index is 11.3. The number of aliphatic hydroxyl groups excluding tert-OH is 1. The number of rotatable bonds is 7. The molecule has 1 amide bonds. The predicted octanol–water partition coefficient (Wildman–Crippen LogP) is -0.977. The molecule has 0 spiro atoms. The second kappa shape index (κ2) is 7.62. The zero-order chi connectivity index (χ0) is 11.8. The van der Waals surface area contributed by atoms with Crippen LogP contribution in [0.25, 0.3) is 0 Å². The SMILES string of the molecule is CCNC(=O)C(C)NCC(O)CN(C)C. The van der Waals surface area contributed by atoms with Crippen LogP contribution in [0, 0.1) is 0 Å². The van der Waals surface area contributed by atoms with Crippen LogP contribution < -0.4 is 10.6 Å². The Balaban J connectivity index is 3.69. The fourth-order valence-corrected chi connectivity index (χ4v) is 1.22. The number of nitrogens with zero attached hydrogens (tertiary/aromatic N) is 1. The first-order valence-electron chi connectivity index (χ1n) is 5.31. The lowest BCUT2D eigenvalue weighted by Crippen LogP contribution is -2.46. The highest BCUT2D eigenvalue weighted by molar-refractivity contribution is 5.81. The molecule has 2 unspecified atom stereocenters. The Morgan fingerprint density at radius 2 is 2.07 bits per heavy atom. The van der Waals surface area contributed by atoms with Gasteiger partial charge in [0.05, 0.1) is 12.1 Å². The van der Waals surface area contributed by atoms with Gasteiger partial charge in [0.2, 0.25) is 5.91 Å². The molecule has 0 radical (unpaired) electrons. The zero-order valence-electron chi connectivity index (χ0n) is 10.1. The van der Waals surface area contributed by atoms with Crippen molar-refractivity contribution in [1.29, 1.82) is 0 Å². The number of carbonyl (C=O) groups is 1. The molecule has 5 nitrogen and oxygen atoms in total. The first kappa shape index (κ1) is 14.3. The molecule has 3 N–H and O–H groups in total. The van der Waals surface area contributed by atoms with Crippen molar-refractivity contribution in [2.75, 3.05) is 33.7 Å². The van der Waals surface area contributed by atoms with Gasteiger partial charge in [0.1, 0.15) is 0 Å².